The van der Waals surface area contributed by atoms with Crippen LogP contribution in [0.25, 0.3) is 0 Å². The molecule has 4 nitrogen and oxygen atoms in total. The third kappa shape index (κ3) is 0.840. The van der Waals surface area contributed by atoms with Crippen LogP contribution in [0.15, 0.2) is 0 Å². The van der Waals surface area contributed by atoms with Gasteiger partial charge in [-0.2, -0.15) is 0 Å². The van der Waals surface area contributed by atoms with Gasteiger partial charge >= 0.3 is 0 Å². The number of rotatable bonds is 1. The Labute approximate surface area is 46.3 Å². The molecule has 1 radical (unpaired) electrons. The molecule has 1 fully saturated rings. The molecule has 8 heavy (non-hydrogen) atoms. The Morgan fingerprint density at radius 3 is 2.75 bits per heavy atom. The van der Waals surface area contributed by atoms with Gasteiger partial charge in [-0.05, 0) is 0 Å². The Kier molecular flexibility index (Phi) is 1.26. The van der Waals surface area contributed by atoms with Crippen LogP contribution in [-0.4, -0.2) is 24.9 Å². The fourth-order valence-corrected chi connectivity index (χ4v) is 0.529. The largest absolute Gasteiger partial charge is 0.333 e. The molecule has 43 valence electrons. The van der Waals surface area contributed by atoms with E-state index < -0.39 is 6.17 Å². The normalized spacial score (nSPS) is 27.5. The highest BCUT2D eigenvalue weighted by Gasteiger charge is 2.18. The van der Waals surface area contributed by atoms with Crippen molar-refractivity contribution in [2.24, 2.45) is 0 Å². The molecule has 1 amide bonds. The summed E-state index contributed by atoms with van der Waals surface area (Å²) >= 11 is 0. The van der Waals surface area contributed by atoms with Crippen LogP contribution in [0.5, 0.6) is 0 Å². The van der Waals surface area contributed by atoms with Gasteiger partial charge in [-0.25, -0.2) is 0 Å². The number of carbonyl (C=O) groups is 1. The van der Waals surface area contributed by atoms with Crippen molar-refractivity contribution >= 4 is 12.2 Å². The molecule has 1 heterocycles. The van der Waals surface area contributed by atoms with Crippen molar-refractivity contribution in [2.45, 2.75) is 6.17 Å². The molecule has 0 bridgehead atoms. The Bertz CT molecular complexity index is 123. The first-order valence-electron chi connectivity index (χ1n) is 2.23. The minimum atomic E-state index is -0.581. The molecule has 1 saturated heterocycles. The standard InChI is InChI=1S/C4H5N2O2/c7-2-3-5-1-4(8)6-3/h3,5H,1H2,(H,6,8). The van der Waals surface area contributed by atoms with Crippen molar-refractivity contribution < 1.29 is 9.59 Å². The molecular weight excluding hydrogens is 108 g/mol. The molecule has 4 heteroatoms. The summed E-state index contributed by atoms with van der Waals surface area (Å²) in [6.45, 7) is 0.222. The van der Waals surface area contributed by atoms with E-state index in [1.165, 1.54) is 0 Å². The van der Waals surface area contributed by atoms with Crippen molar-refractivity contribution in [3.63, 3.8) is 0 Å². The van der Waals surface area contributed by atoms with Crippen molar-refractivity contribution in [2.75, 3.05) is 6.54 Å². The predicted molar refractivity (Wildman–Crippen MR) is 25.6 cm³/mol. The van der Waals surface area contributed by atoms with Crippen LogP contribution in [0.2, 0.25) is 0 Å². The highest BCUT2D eigenvalue weighted by Crippen LogP contribution is 1.79. The maximum Gasteiger partial charge on any atom is 0.238 e. The van der Waals surface area contributed by atoms with Gasteiger partial charge in [-0.15, -0.1) is 0 Å². The SMILES string of the molecule is O=[C]C1NCC(=O)N1. The van der Waals surface area contributed by atoms with Crippen molar-refractivity contribution in [3.8, 4) is 0 Å². The molecule has 1 rings (SSSR count). The Morgan fingerprint density at radius 2 is 2.50 bits per heavy atom. The van der Waals surface area contributed by atoms with E-state index >= 15 is 0 Å². The average molecular weight is 113 g/mol. The van der Waals surface area contributed by atoms with Gasteiger partial charge in [-0.1, -0.05) is 0 Å². The fraction of sp³-hybridized carbons (Fsp3) is 0.500. The molecule has 0 saturated carbocycles. The minimum Gasteiger partial charge on any atom is -0.333 e. The number of nitrogens with one attached hydrogen (secondary N) is 2. The van der Waals surface area contributed by atoms with Gasteiger partial charge < -0.3 is 5.32 Å². The molecule has 1 aliphatic rings. The van der Waals surface area contributed by atoms with Crippen molar-refractivity contribution in [1.29, 1.82) is 0 Å². The smallest absolute Gasteiger partial charge is 0.238 e. The highest BCUT2D eigenvalue weighted by molar-refractivity contribution is 5.84. The van der Waals surface area contributed by atoms with Gasteiger partial charge in [0.15, 0.2) is 0 Å². The van der Waals surface area contributed by atoms with Gasteiger partial charge in [0.05, 0.1) is 6.54 Å². The summed E-state index contributed by atoms with van der Waals surface area (Å²) in [5.74, 6) is -0.154. The lowest BCUT2D eigenvalue weighted by molar-refractivity contribution is -0.118. The summed E-state index contributed by atoms with van der Waals surface area (Å²) in [5.41, 5.74) is 0. The van der Waals surface area contributed by atoms with E-state index in [0.717, 1.165) is 0 Å². The summed E-state index contributed by atoms with van der Waals surface area (Å²) in [6.07, 6.45) is 1.02. The van der Waals surface area contributed by atoms with Crippen LogP contribution in [-0.2, 0) is 9.59 Å². The lowest BCUT2D eigenvalue weighted by Gasteiger charge is -1.94. The maximum absolute atomic E-state index is 10.3. The van der Waals surface area contributed by atoms with E-state index in [1.54, 1.807) is 6.29 Å². The first kappa shape index (κ1) is 5.24. The molecule has 1 aliphatic heterocycles. The number of amides is 1. The molecule has 0 aromatic heterocycles. The van der Waals surface area contributed by atoms with Gasteiger partial charge in [0.1, 0.15) is 6.17 Å². The third-order valence-electron chi connectivity index (χ3n) is 0.890. The first-order chi connectivity index (χ1) is 3.83. The Hall–Kier alpha value is -0.900. The topological polar surface area (TPSA) is 58.2 Å². The highest BCUT2D eigenvalue weighted by atomic mass is 16.2. The van der Waals surface area contributed by atoms with Crippen molar-refractivity contribution in [1.82, 2.24) is 10.6 Å². The molecule has 0 aromatic rings. The fourth-order valence-electron chi connectivity index (χ4n) is 0.529. The minimum absolute atomic E-state index is 0.154. The van der Waals surface area contributed by atoms with Gasteiger partial charge in [0.25, 0.3) is 0 Å². The second-order valence-corrected chi connectivity index (χ2v) is 1.50. The second kappa shape index (κ2) is 1.92. The zero-order valence-electron chi connectivity index (χ0n) is 4.10. The monoisotopic (exact) mass is 113 g/mol. The van der Waals surface area contributed by atoms with Crippen LogP contribution in [0.3, 0.4) is 0 Å². The lowest BCUT2D eigenvalue weighted by atomic mass is 10.6. The van der Waals surface area contributed by atoms with Crippen LogP contribution in [0.4, 0.5) is 0 Å². The molecule has 0 aromatic carbocycles. The lowest BCUT2D eigenvalue weighted by Crippen LogP contribution is -2.33. The summed E-state index contributed by atoms with van der Waals surface area (Å²) in [7, 11) is 0. The van der Waals surface area contributed by atoms with Crippen molar-refractivity contribution in [3.05, 3.63) is 0 Å². The third-order valence-corrected chi connectivity index (χ3v) is 0.890. The molecule has 1 atom stereocenters. The quantitative estimate of drug-likeness (QED) is 0.419. The first-order valence-corrected chi connectivity index (χ1v) is 2.23. The van der Waals surface area contributed by atoms with E-state index in [-0.39, 0.29) is 12.5 Å². The van der Waals surface area contributed by atoms with Crippen LogP contribution in [0, 0.1) is 0 Å². The van der Waals surface area contributed by atoms with Crippen LogP contribution >= 0.6 is 0 Å². The summed E-state index contributed by atoms with van der Waals surface area (Å²) in [4.78, 5) is 20.0. The number of hydrogen-bond acceptors (Lipinski definition) is 3. The summed E-state index contributed by atoms with van der Waals surface area (Å²) in [6, 6.07) is 0. The Balaban J connectivity index is 2.43. The van der Waals surface area contributed by atoms with Gasteiger partial charge in [-0.3, -0.25) is 14.9 Å². The van der Waals surface area contributed by atoms with E-state index in [0.29, 0.717) is 0 Å². The van der Waals surface area contributed by atoms with Crippen LogP contribution in [0.1, 0.15) is 0 Å². The molecule has 0 spiro atoms. The molecular formula is C4H5N2O2. The van der Waals surface area contributed by atoms with Crippen LogP contribution < -0.4 is 10.6 Å². The van der Waals surface area contributed by atoms with E-state index in [2.05, 4.69) is 10.6 Å². The maximum atomic E-state index is 10.3. The van der Waals surface area contributed by atoms with Gasteiger partial charge in [0, 0.05) is 0 Å². The number of carbonyl (C=O) groups excluding carboxylic acids is 2. The van der Waals surface area contributed by atoms with Gasteiger partial charge in [0.2, 0.25) is 12.2 Å². The summed E-state index contributed by atoms with van der Waals surface area (Å²) < 4.78 is 0. The summed E-state index contributed by atoms with van der Waals surface area (Å²) in [5, 5.41) is 4.90. The zero-order valence-corrected chi connectivity index (χ0v) is 4.10. The second-order valence-electron chi connectivity index (χ2n) is 1.50. The van der Waals surface area contributed by atoms with E-state index in [9.17, 15) is 9.59 Å². The number of hydrogen-bond donors (Lipinski definition) is 2. The molecule has 0 aliphatic carbocycles. The molecule has 2 N–H and O–H groups in total. The Morgan fingerprint density at radius 1 is 1.75 bits per heavy atom. The molecule has 1 unspecified atom stereocenters. The average Bonchev–Trinajstić information content (AvgIpc) is 2.14. The predicted octanol–water partition coefficient (Wildman–Crippen LogP) is -1.86. The van der Waals surface area contributed by atoms with E-state index in [4.69, 9.17) is 0 Å². The van der Waals surface area contributed by atoms with E-state index in [1.807, 2.05) is 0 Å². The zero-order chi connectivity index (χ0) is 5.98.